The van der Waals surface area contributed by atoms with Crippen molar-refractivity contribution in [1.29, 1.82) is 0 Å². The second kappa shape index (κ2) is 14.3. The summed E-state index contributed by atoms with van der Waals surface area (Å²) < 4.78 is 21.5. The van der Waals surface area contributed by atoms with Gasteiger partial charge < -0.3 is 24.1 Å². The Bertz CT molecular complexity index is 1170. The highest BCUT2D eigenvalue weighted by Gasteiger charge is 2.52. The zero-order valence-corrected chi connectivity index (χ0v) is 25.8. The number of Topliss-reactive ketones (excluding diaryl/α,β-unsaturated/α-hetero) is 2. The van der Waals surface area contributed by atoms with Gasteiger partial charge >= 0.3 is 0 Å². The second-order valence-electron chi connectivity index (χ2n) is 10.6. The normalized spacial score (nSPS) is 11.9. The van der Waals surface area contributed by atoms with Gasteiger partial charge in [-0.1, -0.05) is 70.2 Å². The van der Waals surface area contributed by atoms with Crippen LogP contribution in [0.1, 0.15) is 54.8 Å². The van der Waals surface area contributed by atoms with Crippen LogP contribution in [-0.4, -0.2) is 50.7 Å². The van der Waals surface area contributed by atoms with Gasteiger partial charge in [-0.2, -0.15) is 0 Å². The van der Waals surface area contributed by atoms with E-state index in [2.05, 4.69) is 9.24 Å². The van der Waals surface area contributed by atoms with Crippen LogP contribution >= 0.6 is 9.24 Å². The fourth-order valence-corrected chi connectivity index (χ4v) is 4.82. The third-order valence-electron chi connectivity index (χ3n) is 6.43. The molecule has 3 rings (SSSR count). The minimum atomic E-state index is -2.45. The first-order valence-electron chi connectivity index (χ1n) is 12.9. The number of aliphatic hydroxyl groups is 1. The van der Waals surface area contributed by atoms with Crippen LogP contribution in [0.15, 0.2) is 66.7 Å². The van der Waals surface area contributed by atoms with Crippen molar-refractivity contribution in [3.05, 3.63) is 77.9 Å². The summed E-state index contributed by atoms with van der Waals surface area (Å²) in [6.07, 6.45) is 0.385. The van der Waals surface area contributed by atoms with Crippen molar-refractivity contribution < 1.29 is 33.6 Å². The highest BCUT2D eigenvalue weighted by atomic mass is 31.0. The highest BCUT2D eigenvalue weighted by Crippen LogP contribution is 2.42. The molecule has 7 nitrogen and oxygen atoms in total. The molecule has 2 unspecified atom stereocenters. The largest absolute Gasteiger partial charge is 0.496 e. The zero-order valence-electron chi connectivity index (χ0n) is 24.6. The van der Waals surface area contributed by atoms with Gasteiger partial charge in [0.1, 0.15) is 34.1 Å². The number of rotatable bonds is 10. The Morgan fingerprint density at radius 2 is 1.05 bits per heavy atom. The molecule has 0 saturated carbocycles. The summed E-state index contributed by atoms with van der Waals surface area (Å²) in [5, 5.41) is 13.3. The number of hydrogen-bond acceptors (Lipinski definition) is 7. The van der Waals surface area contributed by atoms with E-state index in [1.165, 1.54) is 33.7 Å². The van der Waals surface area contributed by atoms with Gasteiger partial charge in [0.25, 0.3) is 0 Å². The third-order valence-corrected chi connectivity index (χ3v) is 6.82. The van der Waals surface area contributed by atoms with Crippen LogP contribution in [0.5, 0.6) is 23.0 Å². The number of carbonyl (C=O) groups is 2. The summed E-state index contributed by atoms with van der Waals surface area (Å²) in [7, 11) is 8.27. The molecule has 216 valence electrons. The van der Waals surface area contributed by atoms with Crippen molar-refractivity contribution in [3.8, 4) is 23.0 Å². The fraction of sp³-hybridized carbons (Fsp3) is 0.375. The van der Waals surface area contributed by atoms with Crippen LogP contribution in [0.3, 0.4) is 0 Å². The third kappa shape index (κ3) is 7.61. The Hall–Kier alpha value is -3.41. The van der Waals surface area contributed by atoms with E-state index in [-0.39, 0.29) is 39.5 Å². The van der Waals surface area contributed by atoms with Crippen molar-refractivity contribution in [2.24, 2.45) is 11.3 Å². The molecule has 0 aliphatic heterocycles. The van der Waals surface area contributed by atoms with Crippen molar-refractivity contribution >= 4 is 26.1 Å². The Morgan fingerprint density at radius 1 is 0.700 bits per heavy atom. The molecule has 0 fully saturated rings. The van der Waals surface area contributed by atoms with Gasteiger partial charge in [-0.05, 0) is 41.4 Å². The minimum Gasteiger partial charge on any atom is -0.496 e. The van der Waals surface area contributed by atoms with Crippen LogP contribution in [0.25, 0.3) is 0 Å². The topological polar surface area (TPSA) is 91.3 Å². The molecule has 0 heterocycles. The average Bonchev–Trinajstić information content (AvgIpc) is 2.94. The molecule has 8 heteroatoms. The number of ether oxygens (including phenoxy) is 4. The summed E-state index contributed by atoms with van der Waals surface area (Å²) in [5.74, 6) is -1.61. The molecule has 0 bridgehead atoms. The molecule has 0 radical (unpaired) electrons. The summed E-state index contributed by atoms with van der Waals surface area (Å²) in [6.45, 7) is 7.62. The number of ketones is 2. The molecule has 0 spiro atoms. The number of hydrogen-bond donors (Lipinski definition) is 1. The smallest absolute Gasteiger partial charge is 0.210 e. The summed E-state index contributed by atoms with van der Waals surface area (Å²) in [4.78, 5) is 28.1. The summed E-state index contributed by atoms with van der Waals surface area (Å²) in [5.41, 5.74) is -2.73. The van der Waals surface area contributed by atoms with E-state index in [4.69, 9.17) is 18.9 Å². The summed E-state index contributed by atoms with van der Waals surface area (Å²) >= 11 is 0. The van der Waals surface area contributed by atoms with Gasteiger partial charge in [-0.3, -0.25) is 9.59 Å². The monoisotopic (exact) mass is 568 g/mol. The maximum absolute atomic E-state index is 14.1. The first-order chi connectivity index (χ1) is 18.8. The first kappa shape index (κ1) is 32.8. The highest BCUT2D eigenvalue weighted by molar-refractivity contribution is 7.27. The van der Waals surface area contributed by atoms with E-state index < -0.39 is 23.1 Å². The van der Waals surface area contributed by atoms with Gasteiger partial charge in [0, 0.05) is 5.92 Å². The van der Waals surface area contributed by atoms with E-state index in [0.717, 1.165) is 0 Å². The van der Waals surface area contributed by atoms with Crippen LogP contribution in [0, 0.1) is 11.3 Å². The Balaban J connectivity index is 0.000000693. The number of benzene rings is 3. The van der Waals surface area contributed by atoms with Gasteiger partial charge in [-0.15, -0.1) is 9.24 Å². The van der Waals surface area contributed by atoms with Crippen molar-refractivity contribution in [2.45, 2.75) is 39.7 Å². The molecule has 0 aliphatic rings. The predicted molar refractivity (Wildman–Crippen MR) is 162 cm³/mol. The first-order valence-corrected chi connectivity index (χ1v) is 13.5. The average molecular weight is 569 g/mol. The number of methoxy groups -OCH3 is 4. The predicted octanol–water partition coefficient (Wildman–Crippen LogP) is 5.78. The van der Waals surface area contributed by atoms with E-state index in [1.54, 1.807) is 43.3 Å². The standard InChI is InChI=1S/C26H34O7.C6H7P/c1-16(15-25(2,3)4)26(29,23(27)21-17(30-5)11-9-12-18(21)31-6)24(28)22-19(32-7)13-10-14-20(22)33-8;7-6-4-2-1-3-5-6/h9-14,16,29H,15H2,1-8H3;1-5H,7H2. The maximum Gasteiger partial charge on any atom is 0.210 e. The van der Waals surface area contributed by atoms with Gasteiger partial charge in [-0.25, -0.2) is 0 Å². The molecule has 1 N–H and O–H groups in total. The van der Waals surface area contributed by atoms with Crippen LogP contribution in [-0.2, 0) is 0 Å². The second-order valence-corrected chi connectivity index (χ2v) is 11.2. The molecular weight excluding hydrogens is 527 g/mol. The lowest BCUT2D eigenvalue weighted by atomic mass is 9.70. The lowest BCUT2D eigenvalue weighted by Crippen LogP contribution is -2.53. The van der Waals surface area contributed by atoms with E-state index in [1.807, 2.05) is 51.1 Å². The molecule has 0 saturated heterocycles. The van der Waals surface area contributed by atoms with E-state index in [0.29, 0.717) is 6.42 Å². The van der Waals surface area contributed by atoms with E-state index >= 15 is 0 Å². The molecule has 0 aromatic heterocycles. The van der Waals surface area contributed by atoms with Gasteiger partial charge in [0.15, 0.2) is 5.60 Å². The van der Waals surface area contributed by atoms with E-state index in [9.17, 15) is 14.7 Å². The Labute approximate surface area is 240 Å². The lowest BCUT2D eigenvalue weighted by Gasteiger charge is -2.36. The van der Waals surface area contributed by atoms with Crippen molar-refractivity contribution in [2.75, 3.05) is 28.4 Å². The fourth-order valence-electron chi connectivity index (χ4n) is 4.60. The van der Waals surface area contributed by atoms with Crippen molar-refractivity contribution in [3.63, 3.8) is 0 Å². The SMILES string of the molecule is COc1cccc(OC)c1C(=O)C(O)(C(=O)c1c(OC)cccc1OC)C(C)CC(C)(C)C.Pc1ccccc1. The maximum atomic E-state index is 14.1. The van der Waals surface area contributed by atoms with Gasteiger partial charge in [0.2, 0.25) is 11.6 Å². The quantitative estimate of drug-likeness (QED) is 0.188. The molecule has 2 atom stereocenters. The van der Waals surface area contributed by atoms with Gasteiger partial charge in [0.05, 0.1) is 28.4 Å². The molecule has 0 amide bonds. The minimum absolute atomic E-state index is 0.00651. The van der Waals surface area contributed by atoms with Crippen molar-refractivity contribution in [1.82, 2.24) is 0 Å². The molecular formula is C32H41O7P. The zero-order chi connectivity index (χ0) is 30.1. The van der Waals surface area contributed by atoms with Crippen LogP contribution < -0.4 is 24.3 Å². The Kier molecular flexibility index (Phi) is 11.7. The molecule has 40 heavy (non-hydrogen) atoms. The van der Waals surface area contributed by atoms with Crippen LogP contribution in [0.2, 0.25) is 0 Å². The molecule has 0 aliphatic carbocycles. The Morgan fingerprint density at radius 3 is 1.30 bits per heavy atom. The van der Waals surface area contributed by atoms with Crippen LogP contribution in [0.4, 0.5) is 0 Å². The number of carbonyl (C=O) groups excluding carboxylic acids is 2. The summed E-state index contributed by atoms with van der Waals surface area (Å²) in [6, 6.07) is 19.8. The lowest BCUT2D eigenvalue weighted by molar-refractivity contribution is 0.0000633. The molecule has 3 aromatic rings. The molecule has 3 aromatic carbocycles.